The van der Waals surface area contributed by atoms with Gasteiger partial charge in [0.15, 0.2) is 11.5 Å². The van der Waals surface area contributed by atoms with Crippen LogP contribution < -0.4 is 14.8 Å². The number of nitriles is 1. The number of aromatic nitrogens is 1. The molecule has 0 fully saturated rings. The molecule has 3 aromatic carbocycles. The van der Waals surface area contributed by atoms with E-state index in [1.54, 1.807) is 25.4 Å². The molecule has 0 saturated carbocycles. The summed E-state index contributed by atoms with van der Waals surface area (Å²) in [5, 5.41) is 18.0. The van der Waals surface area contributed by atoms with Crippen LogP contribution in [0.2, 0.25) is 0 Å². The summed E-state index contributed by atoms with van der Waals surface area (Å²) in [6.07, 6.45) is 1.51. The molecule has 0 amide bonds. The molecule has 0 spiro atoms. The van der Waals surface area contributed by atoms with Crippen LogP contribution in [0.25, 0.3) is 10.9 Å². The van der Waals surface area contributed by atoms with Gasteiger partial charge in [0.2, 0.25) is 0 Å². The third kappa shape index (κ3) is 6.14. The maximum Gasteiger partial charge on any atom is 0.163 e. The number of hydrogen-bond acceptors (Lipinski definition) is 7. The number of nitrogens with one attached hydrogen (secondary N) is 1. The minimum Gasteiger partial charge on any atom is -0.493 e. The quantitative estimate of drug-likeness (QED) is 0.203. The monoisotopic (exact) mass is 498 g/mol. The molecule has 0 saturated heterocycles. The van der Waals surface area contributed by atoms with Crippen molar-refractivity contribution in [3.63, 3.8) is 0 Å². The summed E-state index contributed by atoms with van der Waals surface area (Å²) in [6.45, 7) is 5.98. The third-order valence-electron chi connectivity index (χ3n) is 5.55. The molecule has 7 nitrogen and oxygen atoms in total. The van der Waals surface area contributed by atoms with Crippen molar-refractivity contribution in [1.29, 1.82) is 5.26 Å². The van der Waals surface area contributed by atoms with Crippen molar-refractivity contribution >= 4 is 28.0 Å². The van der Waals surface area contributed by atoms with Crippen LogP contribution >= 0.6 is 0 Å². The fraction of sp³-hybridized carbons (Fsp3) is 0.207. The van der Waals surface area contributed by atoms with E-state index in [1.165, 1.54) is 12.1 Å². The molecule has 37 heavy (non-hydrogen) atoms. The van der Waals surface area contributed by atoms with Crippen molar-refractivity contribution in [3.8, 4) is 17.6 Å². The second-order valence-corrected chi connectivity index (χ2v) is 8.62. The van der Waals surface area contributed by atoms with Crippen molar-refractivity contribution in [2.75, 3.05) is 12.4 Å². The van der Waals surface area contributed by atoms with E-state index in [0.29, 0.717) is 34.0 Å². The Hall–Kier alpha value is -4.64. The minimum absolute atomic E-state index is 0.0267. The minimum atomic E-state index is -0.289. The van der Waals surface area contributed by atoms with Crippen molar-refractivity contribution < 1.29 is 18.7 Å². The summed E-state index contributed by atoms with van der Waals surface area (Å²) in [4.78, 5) is 9.86. The zero-order valence-electron chi connectivity index (χ0n) is 21.1. The van der Waals surface area contributed by atoms with E-state index in [2.05, 4.69) is 21.5 Å². The number of nitrogens with zero attached hydrogens (tertiary/aromatic N) is 3. The van der Waals surface area contributed by atoms with Gasteiger partial charge in [-0.3, -0.25) is 4.98 Å². The van der Waals surface area contributed by atoms with Crippen LogP contribution in [0.5, 0.6) is 11.5 Å². The Morgan fingerprint density at radius 1 is 1.08 bits per heavy atom. The summed E-state index contributed by atoms with van der Waals surface area (Å²) in [5.41, 5.74) is 4.90. The number of ether oxygens (including phenoxy) is 2. The maximum atomic E-state index is 13.0. The van der Waals surface area contributed by atoms with Crippen LogP contribution in [0, 0.1) is 17.1 Å². The van der Waals surface area contributed by atoms with E-state index < -0.39 is 0 Å². The fourth-order valence-electron chi connectivity index (χ4n) is 3.70. The SMILES string of the molecule is COc1cc2c(Nc3ccc(/C(C)=N/OCc4ccc(F)cc4)cc3)c(C#N)cnc2cc1OC(C)C. The average Bonchev–Trinajstić information content (AvgIpc) is 2.89. The number of rotatable bonds is 9. The third-order valence-corrected chi connectivity index (χ3v) is 5.55. The van der Waals surface area contributed by atoms with Crippen LogP contribution in [0.1, 0.15) is 37.5 Å². The molecule has 0 aliphatic carbocycles. The molecule has 0 radical (unpaired) electrons. The van der Waals surface area contributed by atoms with Crippen LogP contribution in [0.4, 0.5) is 15.8 Å². The van der Waals surface area contributed by atoms with Gasteiger partial charge in [0, 0.05) is 23.3 Å². The van der Waals surface area contributed by atoms with Gasteiger partial charge in [0.1, 0.15) is 18.5 Å². The summed E-state index contributed by atoms with van der Waals surface area (Å²) < 4.78 is 24.4. The van der Waals surface area contributed by atoms with E-state index in [0.717, 1.165) is 22.2 Å². The second-order valence-electron chi connectivity index (χ2n) is 8.62. The second kappa shape index (κ2) is 11.4. The predicted molar refractivity (Wildman–Crippen MR) is 142 cm³/mol. The van der Waals surface area contributed by atoms with Gasteiger partial charge in [0.05, 0.1) is 35.7 Å². The smallest absolute Gasteiger partial charge is 0.163 e. The van der Waals surface area contributed by atoms with Gasteiger partial charge in [-0.05, 0) is 62.2 Å². The van der Waals surface area contributed by atoms with Crippen LogP contribution in [-0.4, -0.2) is 23.9 Å². The van der Waals surface area contributed by atoms with Gasteiger partial charge in [0.25, 0.3) is 0 Å². The van der Waals surface area contributed by atoms with Crippen molar-refractivity contribution in [1.82, 2.24) is 4.98 Å². The van der Waals surface area contributed by atoms with Crippen molar-refractivity contribution in [3.05, 3.63) is 89.4 Å². The first-order chi connectivity index (χ1) is 17.9. The molecule has 0 atom stereocenters. The maximum absolute atomic E-state index is 13.0. The average molecular weight is 499 g/mol. The van der Waals surface area contributed by atoms with E-state index in [1.807, 2.05) is 57.2 Å². The lowest BCUT2D eigenvalue weighted by Crippen LogP contribution is -2.07. The largest absolute Gasteiger partial charge is 0.493 e. The Morgan fingerprint density at radius 2 is 1.81 bits per heavy atom. The highest BCUT2D eigenvalue weighted by molar-refractivity contribution is 5.99. The van der Waals surface area contributed by atoms with Gasteiger partial charge >= 0.3 is 0 Å². The number of benzene rings is 3. The van der Waals surface area contributed by atoms with Crippen LogP contribution in [0.3, 0.4) is 0 Å². The van der Waals surface area contributed by atoms with E-state index in [4.69, 9.17) is 14.3 Å². The first-order valence-electron chi connectivity index (χ1n) is 11.7. The molecule has 4 rings (SSSR count). The van der Waals surface area contributed by atoms with Crippen LogP contribution in [0.15, 0.2) is 72.0 Å². The number of methoxy groups -OCH3 is 1. The molecular formula is C29H27FN4O3. The van der Waals surface area contributed by atoms with E-state index >= 15 is 0 Å². The van der Waals surface area contributed by atoms with Gasteiger partial charge in [-0.25, -0.2) is 4.39 Å². The van der Waals surface area contributed by atoms with Gasteiger partial charge in [-0.2, -0.15) is 5.26 Å². The molecule has 8 heteroatoms. The van der Waals surface area contributed by atoms with Gasteiger partial charge in [-0.1, -0.05) is 29.4 Å². The van der Waals surface area contributed by atoms with E-state index in [9.17, 15) is 9.65 Å². The summed E-state index contributed by atoms with van der Waals surface area (Å²) in [7, 11) is 1.58. The molecule has 188 valence electrons. The fourth-order valence-corrected chi connectivity index (χ4v) is 3.70. The summed E-state index contributed by atoms with van der Waals surface area (Å²) in [6, 6.07) is 19.6. The highest BCUT2D eigenvalue weighted by atomic mass is 19.1. The highest BCUT2D eigenvalue weighted by Gasteiger charge is 2.15. The number of hydrogen-bond donors (Lipinski definition) is 1. The molecule has 0 aliphatic rings. The number of oxime groups is 1. The number of fused-ring (bicyclic) bond motifs is 1. The van der Waals surface area contributed by atoms with Crippen molar-refractivity contribution in [2.24, 2.45) is 5.16 Å². The lowest BCUT2D eigenvalue weighted by molar-refractivity contribution is 0.130. The van der Waals surface area contributed by atoms with Gasteiger partial charge < -0.3 is 19.6 Å². The zero-order valence-corrected chi connectivity index (χ0v) is 21.1. The number of anilines is 2. The zero-order chi connectivity index (χ0) is 26.4. The van der Waals surface area contributed by atoms with E-state index in [-0.39, 0.29) is 18.5 Å². The first kappa shape index (κ1) is 25.5. The lowest BCUT2D eigenvalue weighted by Gasteiger charge is -2.17. The molecule has 0 unspecified atom stereocenters. The highest BCUT2D eigenvalue weighted by Crippen LogP contribution is 2.37. The molecule has 4 aromatic rings. The Labute approximate surface area is 215 Å². The number of pyridine rings is 1. The molecule has 1 heterocycles. The summed E-state index contributed by atoms with van der Waals surface area (Å²) >= 11 is 0. The molecular weight excluding hydrogens is 471 g/mol. The Balaban J connectivity index is 1.55. The number of halogens is 1. The normalized spacial score (nSPS) is 11.3. The van der Waals surface area contributed by atoms with Gasteiger partial charge in [-0.15, -0.1) is 0 Å². The lowest BCUT2D eigenvalue weighted by atomic mass is 10.1. The van der Waals surface area contributed by atoms with Crippen LogP contribution in [-0.2, 0) is 11.4 Å². The Morgan fingerprint density at radius 3 is 2.46 bits per heavy atom. The summed E-state index contributed by atoms with van der Waals surface area (Å²) in [5.74, 6) is 0.862. The molecule has 0 bridgehead atoms. The first-order valence-corrected chi connectivity index (χ1v) is 11.7. The molecule has 1 aromatic heterocycles. The predicted octanol–water partition coefficient (Wildman–Crippen LogP) is 6.73. The Kier molecular flexibility index (Phi) is 7.84. The molecule has 0 aliphatic heterocycles. The standard InChI is InChI=1S/C29H27FN4O3/c1-18(2)37-28-14-26-25(13-27(28)35-4)29(22(15-31)16-32-26)33-24-11-7-21(8-12-24)19(3)34-36-17-20-5-9-23(30)10-6-20/h5-14,16,18H,17H2,1-4H3,(H,32,33)/b34-19+. The van der Waals surface area contributed by atoms with Crippen molar-refractivity contribution in [2.45, 2.75) is 33.5 Å². The Bertz CT molecular complexity index is 1460. The topological polar surface area (TPSA) is 88.8 Å². The molecule has 1 N–H and O–H groups in total.